The van der Waals surface area contributed by atoms with Crippen LogP contribution in [0.5, 0.6) is 5.75 Å². The van der Waals surface area contributed by atoms with E-state index in [1.54, 1.807) is 6.07 Å². The molecule has 0 aromatic heterocycles. The average Bonchev–Trinajstić information content (AvgIpc) is 3.51. The summed E-state index contributed by atoms with van der Waals surface area (Å²) in [6.45, 7) is 9.80. The Morgan fingerprint density at radius 3 is 2.14 bits per heavy atom. The Morgan fingerprint density at radius 2 is 1.47 bits per heavy atom. The SMILES string of the molecule is CC1(C)/C(=C\C=C2/CCCC(/C=C/C3N(CCCCS(=O)(=O)O)c4ccccc4C3(C)C)=C2Oc2ccc(N)c([N+](=O)[O-])c2)N(CCCCS(=O)(=O)O)c2ccccc21. The smallest absolute Gasteiger partial charge is 0.295 e. The van der Waals surface area contributed by atoms with Crippen LogP contribution in [0.2, 0.25) is 0 Å². The minimum atomic E-state index is -4.08. The molecule has 0 amide bonds. The summed E-state index contributed by atoms with van der Waals surface area (Å²) in [5, 5.41) is 11.9. The van der Waals surface area contributed by atoms with Crippen LogP contribution < -0.4 is 20.3 Å². The van der Waals surface area contributed by atoms with E-state index in [-0.39, 0.29) is 40.1 Å². The van der Waals surface area contributed by atoms with Crippen molar-refractivity contribution in [2.45, 2.75) is 89.5 Å². The van der Waals surface area contributed by atoms with Crippen molar-refractivity contribution in [3.05, 3.63) is 135 Å². The molecule has 2 heterocycles. The van der Waals surface area contributed by atoms with Gasteiger partial charge in [-0.15, -0.1) is 0 Å². The van der Waals surface area contributed by atoms with Gasteiger partial charge in [-0.05, 0) is 97.6 Å². The summed E-state index contributed by atoms with van der Waals surface area (Å²) in [6, 6.07) is 20.6. The molecule has 1 unspecified atom stereocenters. The number of hydrogen-bond acceptors (Lipinski definition) is 10. The zero-order valence-corrected chi connectivity index (χ0v) is 35.6. The molecule has 59 heavy (non-hydrogen) atoms. The summed E-state index contributed by atoms with van der Waals surface area (Å²) >= 11 is 0. The highest BCUT2D eigenvalue weighted by Gasteiger charge is 2.43. The average molecular weight is 847 g/mol. The third-order valence-electron chi connectivity index (χ3n) is 11.7. The topological polar surface area (TPSA) is 194 Å². The van der Waals surface area contributed by atoms with Gasteiger partial charge in [-0.1, -0.05) is 82.3 Å². The van der Waals surface area contributed by atoms with Crippen LogP contribution in [-0.2, 0) is 31.1 Å². The van der Waals surface area contributed by atoms with Crippen molar-refractivity contribution in [2.24, 2.45) is 0 Å². The summed E-state index contributed by atoms with van der Waals surface area (Å²) in [4.78, 5) is 15.8. The van der Waals surface area contributed by atoms with Crippen molar-refractivity contribution in [3.63, 3.8) is 0 Å². The lowest BCUT2D eigenvalue weighted by molar-refractivity contribution is -0.384. The first-order valence-electron chi connectivity index (χ1n) is 20.0. The van der Waals surface area contributed by atoms with Gasteiger partial charge in [0.2, 0.25) is 0 Å². The molecule has 0 bridgehead atoms. The monoisotopic (exact) mass is 846 g/mol. The second-order valence-corrected chi connectivity index (χ2v) is 19.7. The fourth-order valence-electron chi connectivity index (χ4n) is 8.68. The van der Waals surface area contributed by atoms with E-state index in [4.69, 9.17) is 10.5 Å². The van der Waals surface area contributed by atoms with Gasteiger partial charge in [0.05, 0.1) is 28.5 Å². The molecule has 6 rings (SSSR count). The van der Waals surface area contributed by atoms with Crippen molar-refractivity contribution < 1.29 is 35.6 Å². The maximum absolute atomic E-state index is 11.9. The number of allylic oxidation sites excluding steroid dienone is 6. The number of unbranched alkanes of at least 4 members (excludes halogenated alkanes) is 2. The lowest BCUT2D eigenvalue weighted by Crippen LogP contribution is -2.40. The van der Waals surface area contributed by atoms with E-state index in [0.29, 0.717) is 57.4 Å². The second-order valence-electron chi connectivity index (χ2n) is 16.5. The molecule has 4 N–H and O–H groups in total. The first-order chi connectivity index (χ1) is 27.8. The van der Waals surface area contributed by atoms with Crippen LogP contribution in [0.15, 0.2) is 114 Å². The number of nitrogen functional groups attached to an aromatic ring is 1. The van der Waals surface area contributed by atoms with Crippen LogP contribution in [0, 0.1) is 10.1 Å². The molecule has 15 heteroatoms. The number of nitrogens with zero attached hydrogens (tertiary/aromatic N) is 3. The highest BCUT2D eigenvalue weighted by atomic mass is 32.2. The van der Waals surface area contributed by atoms with Crippen LogP contribution in [0.3, 0.4) is 0 Å². The van der Waals surface area contributed by atoms with Crippen LogP contribution in [0.1, 0.15) is 83.8 Å². The molecule has 13 nitrogen and oxygen atoms in total. The molecule has 0 fully saturated rings. The molecule has 0 saturated carbocycles. The number of hydrogen-bond donors (Lipinski definition) is 3. The highest BCUT2D eigenvalue weighted by molar-refractivity contribution is 7.86. The summed E-state index contributed by atoms with van der Waals surface area (Å²) in [6.07, 6.45) is 12.3. The van der Waals surface area contributed by atoms with Gasteiger partial charge in [-0.3, -0.25) is 19.2 Å². The van der Waals surface area contributed by atoms with Crippen LogP contribution in [0.25, 0.3) is 0 Å². The zero-order valence-electron chi connectivity index (χ0n) is 34.0. The summed E-state index contributed by atoms with van der Waals surface area (Å²) in [5.74, 6) is 0.249. The number of nitro benzene ring substituents is 1. The molecular weight excluding hydrogens is 793 g/mol. The first-order valence-corrected chi connectivity index (χ1v) is 23.2. The Balaban J connectivity index is 1.41. The number of para-hydroxylation sites is 2. The summed E-state index contributed by atoms with van der Waals surface area (Å²) < 4.78 is 71.2. The van der Waals surface area contributed by atoms with Gasteiger partial charge in [-0.25, -0.2) is 0 Å². The quantitative estimate of drug-likeness (QED) is 0.0409. The van der Waals surface area contributed by atoms with Crippen LogP contribution in [-0.4, -0.2) is 61.5 Å². The summed E-state index contributed by atoms with van der Waals surface area (Å²) in [5.41, 5.74) is 12.2. The molecule has 0 spiro atoms. The van der Waals surface area contributed by atoms with Crippen molar-refractivity contribution >= 4 is 43.0 Å². The minimum absolute atomic E-state index is 0.0278. The lowest BCUT2D eigenvalue weighted by Gasteiger charge is -2.33. The minimum Gasteiger partial charge on any atom is -0.457 e. The third kappa shape index (κ3) is 9.92. The van der Waals surface area contributed by atoms with Crippen LogP contribution in [0.4, 0.5) is 22.7 Å². The highest BCUT2D eigenvalue weighted by Crippen LogP contribution is 2.49. The van der Waals surface area contributed by atoms with E-state index in [1.807, 2.05) is 24.3 Å². The van der Waals surface area contributed by atoms with Gasteiger partial charge in [0.15, 0.2) is 0 Å². The predicted octanol–water partition coefficient (Wildman–Crippen LogP) is 8.66. The Kier molecular flexibility index (Phi) is 12.8. The van der Waals surface area contributed by atoms with Gasteiger partial charge < -0.3 is 20.3 Å². The number of fused-ring (bicyclic) bond motifs is 2. The Hall–Kier alpha value is -4.96. The number of nitrogens with two attached hydrogens (primary N) is 1. The van der Waals surface area contributed by atoms with E-state index < -0.39 is 30.6 Å². The maximum Gasteiger partial charge on any atom is 0.295 e. The molecule has 1 aliphatic carbocycles. The molecule has 0 radical (unpaired) electrons. The molecule has 3 aromatic carbocycles. The maximum atomic E-state index is 11.9. The van der Waals surface area contributed by atoms with Gasteiger partial charge in [-0.2, -0.15) is 16.8 Å². The normalized spacial score (nSPS) is 20.1. The zero-order chi connectivity index (χ0) is 42.8. The Morgan fingerprint density at radius 1 is 0.847 bits per heavy atom. The third-order valence-corrected chi connectivity index (χ3v) is 13.3. The van der Waals surface area contributed by atoms with E-state index >= 15 is 0 Å². The number of ether oxygens (including phenoxy) is 1. The lowest BCUT2D eigenvalue weighted by atomic mass is 9.80. The fourth-order valence-corrected chi connectivity index (χ4v) is 9.81. The van der Waals surface area contributed by atoms with Crippen molar-refractivity contribution in [1.29, 1.82) is 0 Å². The molecule has 0 saturated heterocycles. The Labute approximate surface area is 347 Å². The Bertz CT molecular complexity index is 2440. The molecule has 2 aliphatic heterocycles. The van der Waals surface area contributed by atoms with Crippen molar-refractivity contribution in [3.8, 4) is 5.75 Å². The van der Waals surface area contributed by atoms with E-state index in [2.05, 4.69) is 86.1 Å². The van der Waals surface area contributed by atoms with E-state index in [9.17, 15) is 36.1 Å². The number of rotatable bonds is 16. The molecular formula is C44H54N4O9S2. The van der Waals surface area contributed by atoms with Crippen molar-refractivity contribution in [2.75, 3.05) is 40.1 Å². The summed E-state index contributed by atoms with van der Waals surface area (Å²) in [7, 11) is -8.15. The van der Waals surface area contributed by atoms with Crippen molar-refractivity contribution in [1.82, 2.24) is 0 Å². The molecule has 1 atom stereocenters. The molecule has 3 aromatic rings. The van der Waals surface area contributed by atoms with Crippen LogP contribution >= 0.6 is 0 Å². The van der Waals surface area contributed by atoms with E-state index in [0.717, 1.165) is 40.2 Å². The standard InChI is InChI=1S/C44H54N4O9S2/c1-43(2)34-16-5-7-18-37(34)46(26-9-11-28-58(51,52)53)40(43)24-20-31-14-13-15-32(42(31)57-33-22-23-36(45)39(30-33)48(49)50)21-25-41-44(3,4)35-17-6-8-19-38(35)47(41)27-10-12-29-59(54,55)56/h5-8,16-25,30,40H,9-15,26-29,45H2,1-4H3,(H,51,52,53)(H,54,55,56)/b24-20+,32-21+,41-25+. The van der Waals surface area contributed by atoms with Gasteiger partial charge >= 0.3 is 0 Å². The molecule has 316 valence electrons. The number of nitro groups is 1. The van der Waals surface area contributed by atoms with Gasteiger partial charge in [0.1, 0.15) is 17.2 Å². The number of anilines is 3. The van der Waals surface area contributed by atoms with E-state index in [1.165, 1.54) is 17.7 Å². The predicted molar refractivity (Wildman–Crippen MR) is 233 cm³/mol. The van der Waals surface area contributed by atoms with Gasteiger partial charge in [0, 0.05) is 41.0 Å². The first kappa shape index (κ1) is 43.6. The number of benzene rings is 3. The molecule has 3 aliphatic rings. The fraction of sp³-hybridized carbons (Fsp3) is 0.409. The second kappa shape index (κ2) is 17.3. The van der Waals surface area contributed by atoms with Gasteiger partial charge in [0.25, 0.3) is 25.9 Å². The largest absolute Gasteiger partial charge is 0.457 e.